The molecule has 14 heteroatoms. The molecule has 282 valence electrons. The molecule has 0 aliphatic carbocycles. The van der Waals surface area contributed by atoms with Gasteiger partial charge >= 0.3 is 0 Å². The predicted molar refractivity (Wildman–Crippen MR) is 214 cm³/mol. The number of anilines is 2. The van der Waals surface area contributed by atoms with Crippen LogP contribution in [0.4, 0.5) is 11.6 Å². The van der Waals surface area contributed by atoms with E-state index >= 15 is 0 Å². The van der Waals surface area contributed by atoms with Crippen LogP contribution in [0.2, 0.25) is 5.15 Å². The summed E-state index contributed by atoms with van der Waals surface area (Å²) in [5.41, 5.74) is 6.96. The van der Waals surface area contributed by atoms with Gasteiger partial charge in [0, 0.05) is 100 Å². The van der Waals surface area contributed by atoms with Crippen molar-refractivity contribution in [3.8, 4) is 34.2 Å². The van der Waals surface area contributed by atoms with Gasteiger partial charge in [0.25, 0.3) is 0 Å². The van der Waals surface area contributed by atoms with Gasteiger partial charge in [-0.2, -0.15) is 5.10 Å². The number of aromatic amines is 2. The van der Waals surface area contributed by atoms with Crippen LogP contribution in [-0.4, -0.2) is 91.3 Å². The smallest absolute Gasteiger partial charge is 0.163 e. The van der Waals surface area contributed by atoms with Crippen LogP contribution < -0.4 is 9.80 Å². The van der Waals surface area contributed by atoms with Crippen molar-refractivity contribution < 1.29 is 32.0 Å². The van der Waals surface area contributed by atoms with Gasteiger partial charge in [0.05, 0.1) is 55.6 Å². The topological polar surface area (TPSA) is 126 Å². The third kappa shape index (κ3) is 7.93. The van der Waals surface area contributed by atoms with Gasteiger partial charge in [-0.3, -0.25) is 4.68 Å². The Labute approximate surface area is 336 Å². The fraction of sp³-hybridized carbons (Fsp3) is 0.300. The average Bonchev–Trinajstić information content (AvgIpc) is 3.91. The molecule has 2 aromatic carbocycles. The Morgan fingerprint density at radius 1 is 0.741 bits per heavy atom. The molecule has 2 atom stereocenters. The maximum atomic E-state index is 6.28. The molecule has 0 saturated carbocycles. The van der Waals surface area contributed by atoms with E-state index < -0.39 is 0 Å². The normalized spacial score (nSPS) is 17.1. The Morgan fingerprint density at radius 2 is 1.28 bits per heavy atom. The van der Waals surface area contributed by atoms with Gasteiger partial charge < -0.3 is 36.7 Å². The molecule has 2 aliphatic heterocycles. The summed E-state index contributed by atoms with van der Waals surface area (Å²) in [4.78, 5) is 30.2. The van der Waals surface area contributed by atoms with Crippen LogP contribution in [0.3, 0.4) is 0 Å². The van der Waals surface area contributed by atoms with Crippen LogP contribution in [0, 0.1) is 14.4 Å². The number of hydrogen-bond acceptors (Lipinski definition) is 9. The first-order chi connectivity index (χ1) is 25.3. The number of fused-ring (bicyclic) bond motifs is 2. The standard InChI is InChI=1S/C22H24N6O.C17H17ClN4O.CH3.W.H2/c1-14-11-20(27(3)26-14)19-12-21(28-9-10-29-13-15(28)2)25-22(24-19)17-5-4-6-18-16(17)7-8-23-18;1-11-10-23-8-7-22(11)16-9-15(18)20-17(21-16)13-3-2-4-14-12(13)5-6-19-14;;;/h4-8,11-12,15,23H,9-10,13H2,1-3H3;2-6,9,11,19H,7-8,10H2,1H3;1H3;;1H/q;;-1;;/t15-;11-;;;/m11.../s1/i;;;;1+1. The molecule has 0 bridgehead atoms. The minimum absolute atomic E-state index is 0. The van der Waals surface area contributed by atoms with Gasteiger partial charge in [0.2, 0.25) is 0 Å². The quantitative estimate of drug-likeness (QED) is 0.132. The molecule has 0 unspecified atom stereocenters. The second-order valence-electron chi connectivity index (χ2n) is 13.3. The van der Waals surface area contributed by atoms with Gasteiger partial charge in [-0.1, -0.05) is 35.9 Å². The number of aromatic nitrogens is 8. The van der Waals surface area contributed by atoms with Crippen molar-refractivity contribution >= 4 is 45.0 Å². The van der Waals surface area contributed by atoms with Crippen LogP contribution in [0.1, 0.15) is 21.0 Å². The summed E-state index contributed by atoms with van der Waals surface area (Å²) in [7, 11) is 1.95. The van der Waals surface area contributed by atoms with E-state index in [1.54, 1.807) is 0 Å². The van der Waals surface area contributed by atoms with Gasteiger partial charge in [-0.05, 0) is 51.1 Å². The molecule has 2 aliphatic rings. The second-order valence-corrected chi connectivity index (χ2v) is 13.7. The third-order valence-electron chi connectivity index (χ3n) is 9.65. The van der Waals surface area contributed by atoms with E-state index in [1.807, 2.05) is 67.4 Å². The summed E-state index contributed by atoms with van der Waals surface area (Å²) < 4.78 is 13.0. The van der Waals surface area contributed by atoms with Crippen molar-refractivity contribution in [3.05, 3.63) is 97.4 Å². The van der Waals surface area contributed by atoms with E-state index in [0.717, 1.165) is 80.6 Å². The van der Waals surface area contributed by atoms with Crippen molar-refractivity contribution in [3.63, 3.8) is 0 Å². The van der Waals surface area contributed by atoms with Gasteiger partial charge in [-0.25, -0.2) is 19.9 Å². The first kappa shape index (κ1) is 39.1. The number of morpholine rings is 2. The van der Waals surface area contributed by atoms with Crippen LogP contribution >= 0.6 is 11.6 Å². The van der Waals surface area contributed by atoms with Crippen molar-refractivity contribution in [2.45, 2.75) is 32.9 Å². The van der Waals surface area contributed by atoms with Crippen LogP contribution in [0.25, 0.3) is 56.0 Å². The fourth-order valence-corrected chi connectivity index (χ4v) is 7.23. The van der Waals surface area contributed by atoms with Crippen molar-refractivity contribution in [2.24, 2.45) is 7.05 Å². The molecule has 9 rings (SSSR count). The minimum Gasteiger partial charge on any atom is -0.377 e. The number of hydrogen-bond donors (Lipinski definition) is 2. The number of nitrogens with zero attached hydrogens (tertiary/aromatic N) is 8. The number of H-pyrrole nitrogens is 2. The third-order valence-corrected chi connectivity index (χ3v) is 9.85. The summed E-state index contributed by atoms with van der Waals surface area (Å²) in [6, 6.07) is 22.8. The first-order valence-electron chi connectivity index (χ1n) is 17.6. The van der Waals surface area contributed by atoms with E-state index in [2.05, 4.69) is 74.0 Å². The van der Waals surface area contributed by atoms with Crippen molar-refractivity contribution in [2.75, 3.05) is 49.3 Å². The molecule has 0 radical (unpaired) electrons. The van der Waals surface area contributed by atoms with E-state index in [9.17, 15) is 0 Å². The molecule has 2 saturated heterocycles. The SMILES string of the molecule is C[C@@H]1COCCN1c1cc(Cl)nc(-c2cccc3[nH]ccc23)n1.Cc1cc(-c2cc(N3CCOC[C@H]3C)nc(-c3cccc4[nH]ccc34)n2)n(C)n1.[2HH].[CH3-].[W]. The first-order valence-corrected chi connectivity index (χ1v) is 18.0. The summed E-state index contributed by atoms with van der Waals surface area (Å²) in [6.45, 7) is 10.7. The van der Waals surface area contributed by atoms with Crippen LogP contribution in [0.15, 0.2) is 79.1 Å². The number of benzene rings is 2. The van der Waals surface area contributed by atoms with Crippen LogP contribution in [0.5, 0.6) is 0 Å². The molecule has 2 N–H and O–H groups in total. The molecule has 7 heterocycles. The summed E-state index contributed by atoms with van der Waals surface area (Å²) in [6.07, 6.45) is 3.87. The summed E-state index contributed by atoms with van der Waals surface area (Å²) >= 11 is 6.28. The second kappa shape index (κ2) is 16.8. The van der Waals surface area contributed by atoms with E-state index in [4.69, 9.17) is 36.0 Å². The maximum Gasteiger partial charge on any atom is 0.163 e. The number of rotatable bonds is 5. The molecule has 12 nitrogen and oxygen atoms in total. The number of aryl methyl sites for hydroxylation is 2. The monoisotopic (exact) mass is 918 g/mol. The molecule has 0 spiro atoms. The number of ether oxygens (including phenoxy) is 2. The molecule has 5 aromatic heterocycles. The average molecular weight is 919 g/mol. The fourth-order valence-electron chi connectivity index (χ4n) is 7.05. The van der Waals surface area contributed by atoms with Crippen molar-refractivity contribution in [1.82, 2.24) is 39.7 Å². The Morgan fingerprint density at radius 3 is 1.80 bits per heavy atom. The Kier molecular flexibility index (Phi) is 12.2. The molecule has 2 fully saturated rings. The van der Waals surface area contributed by atoms with E-state index in [-0.39, 0.29) is 42.0 Å². The minimum atomic E-state index is 0. The number of halogens is 1. The van der Waals surface area contributed by atoms with Crippen LogP contribution in [-0.2, 0) is 37.6 Å². The largest absolute Gasteiger partial charge is 0.377 e. The zero-order chi connectivity index (χ0) is 35.8. The zero-order valence-electron chi connectivity index (χ0n) is 31.1. The van der Waals surface area contributed by atoms with Gasteiger partial charge in [0.1, 0.15) is 16.8 Å². The van der Waals surface area contributed by atoms with E-state index in [1.165, 1.54) is 0 Å². The molecule has 54 heavy (non-hydrogen) atoms. The zero-order valence-corrected chi connectivity index (χ0v) is 34.8. The van der Waals surface area contributed by atoms with Gasteiger partial charge in [0.15, 0.2) is 11.6 Å². The summed E-state index contributed by atoms with van der Waals surface area (Å²) in [5.74, 6) is 3.15. The maximum absolute atomic E-state index is 6.28. The molecule has 0 amide bonds. The molecular weight excluding hydrogens is 872 g/mol. The van der Waals surface area contributed by atoms with Crippen molar-refractivity contribution in [1.29, 1.82) is 0 Å². The van der Waals surface area contributed by atoms with Gasteiger partial charge in [-0.15, -0.1) is 0 Å². The summed E-state index contributed by atoms with van der Waals surface area (Å²) in [5, 5.41) is 7.17. The van der Waals surface area contributed by atoms with E-state index in [0.29, 0.717) is 37.4 Å². The number of nitrogens with one attached hydrogen (secondary N) is 2. The Hall–Kier alpha value is -4.61. The molecular formula is C40H46ClN10O2W-. The predicted octanol–water partition coefficient (Wildman–Crippen LogP) is 7.76. The molecule has 7 aromatic rings. The Bertz CT molecular complexity index is 2360. The Balaban J connectivity index is 0.000000205.